The van der Waals surface area contributed by atoms with E-state index in [0.29, 0.717) is 11.4 Å². The summed E-state index contributed by atoms with van der Waals surface area (Å²) in [5.41, 5.74) is 1.86. The van der Waals surface area contributed by atoms with E-state index in [1.165, 1.54) is 10.8 Å². The van der Waals surface area contributed by atoms with Crippen molar-refractivity contribution < 1.29 is 0 Å². The van der Waals surface area contributed by atoms with Crippen LogP contribution in [-0.2, 0) is 0 Å². The molecule has 7 heteroatoms. The molecule has 5 aromatic rings. The molecule has 0 aliphatic rings. The SMILES string of the molecule is O=c1[nH]c(-c2ccccc2)c(Sc2ccc3ccccc3c2)cc1-c1nnn[nH]1. The summed E-state index contributed by atoms with van der Waals surface area (Å²) in [6.07, 6.45) is 0. The van der Waals surface area contributed by atoms with Crippen molar-refractivity contribution in [3.63, 3.8) is 0 Å². The maximum atomic E-state index is 12.7. The molecule has 0 fully saturated rings. The number of hydrogen-bond acceptors (Lipinski definition) is 5. The number of hydrogen-bond donors (Lipinski definition) is 2. The molecule has 0 bridgehead atoms. The van der Waals surface area contributed by atoms with E-state index in [0.717, 1.165) is 21.0 Å². The Hall–Kier alpha value is -3.71. The molecule has 0 saturated carbocycles. The highest BCUT2D eigenvalue weighted by Gasteiger charge is 2.15. The van der Waals surface area contributed by atoms with Gasteiger partial charge in [-0.25, -0.2) is 5.10 Å². The third-order valence-electron chi connectivity index (χ3n) is 4.62. The van der Waals surface area contributed by atoms with Crippen LogP contribution in [0.2, 0.25) is 0 Å². The average molecular weight is 397 g/mol. The molecule has 0 saturated heterocycles. The summed E-state index contributed by atoms with van der Waals surface area (Å²) in [5.74, 6) is 0.339. The minimum Gasteiger partial charge on any atom is -0.320 e. The Morgan fingerprint density at radius 3 is 2.41 bits per heavy atom. The Balaban J connectivity index is 1.66. The number of aromatic nitrogens is 5. The maximum Gasteiger partial charge on any atom is 0.259 e. The average Bonchev–Trinajstić information content (AvgIpc) is 3.30. The lowest BCUT2D eigenvalue weighted by Gasteiger charge is -2.11. The van der Waals surface area contributed by atoms with Gasteiger partial charge in [0.2, 0.25) is 0 Å². The summed E-state index contributed by atoms with van der Waals surface area (Å²) in [6.45, 7) is 0. The number of aromatic amines is 2. The lowest BCUT2D eigenvalue weighted by molar-refractivity contribution is 0.881. The first-order chi connectivity index (χ1) is 14.3. The Morgan fingerprint density at radius 1 is 0.828 bits per heavy atom. The first-order valence-corrected chi connectivity index (χ1v) is 9.83. The van der Waals surface area contributed by atoms with E-state index >= 15 is 0 Å². The Morgan fingerprint density at radius 2 is 1.62 bits per heavy atom. The highest BCUT2D eigenvalue weighted by atomic mass is 32.2. The first kappa shape index (κ1) is 17.4. The lowest BCUT2D eigenvalue weighted by Crippen LogP contribution is -2.11. The van der Waals surface area contributed by atoms with Gasteiger partial charge >= 0.3 is 0 Å². The number of nitrogens with one attached hydrogen (secondary N) is 2. The highest BCUT2D eigenvalue weighted by molar-refractivity contribution is 7.99. The molecule has 29 heavy (non-hydrogen) atoms. The Bertz CT molecular complexity index is 1350. The van der Waals surface area contributed by atoms with Crippen molar-refractivity contribution in [1.29, 1.82) is 0 Å². The molecule has 0 spiro atoms. The zero-order chi connectivity index (χ0) is 19.6. The van der Waals surface area contributed by atoms with E-state index in [-0.39, 0.29) is 5.56 Å². The molecular weight excluding hydrogens is 382 g/mol. The summed E-state index contributed by atoms with van der Waals surface area (Å²) in [5, 5.41) is 16.1. The molecule has 2 heterocycles. The van der Waals surface area contributed by atoms with Crippen LogP contribution in [0.25, 0.3) is 33.4 Å². The van der Waals surface area contributed by atoms with Crippen LogP contribution in [0.3, 0.4) is 0 Å². The molecule has 2 aromatic heterocycles. The summed E-state index contributed by atoms with van der Waals surface area (Å²) >= 11 is 1.59. The highest BCUT2D eigenvalue weighted by Crippen LogP contribution is 2.36. The van der Waals surface area contributed by atoms with Gasteiger partial charge in [-0.1, -0.05) is 72.4 Å². The zero-order valence-electron chi connectivity index (χ0n) is 15.2. The predicted octanol–water partition coefficient (Wildman–Crippen LogP) is 4.53. The largest absolute Gasteiger partial charge is 0.320 e. The fraction of sp³-hybridized carbons (Fsp3) is 0. The fourth-order valence-electron chi connectivity index (χ4n) is 3.22. The lowest BCUT2D eigenvalue weighted by atomic mass is 10.1. The molecule has 5 rings (SSSR count). The molecule has 140 valence electrons. The van der Waals surface area contributed by atoms with Gasteiger partial charge < -0.3 is 4.98 Å². The summed E-state index contributed by atoms with van der Waals surface area (Å²) < 4.78 is 0. The van der Waals surface area contributed by atoms with Gasteiger partial charge in [0, 0.05) is 9.79 Å². The number of rotatable bonds is 4. The van der Waals surface area contributed by atoms with Crippen LogP contribution in [0.4, 0.5) is 0 Å². The van der Waals surface area contributed by atoms with Gasteiger partial charge in [-0.05, 0) is 45.0 Å². The third kappa shape index (κ3) is 3.43. The first-order valence-electron chi connectivity index (χ1n) is 9.01. The standard InChI is InChI=1S/C22H15N5OS/c28-22-18(21-24-26-27-25-21)13-19(20(23-22)15-7-2-1-3-8-15)29-17-11-10-14-6-4-5-9-16(14)12-17/h1-13H,(H,23,28)(H,24,25,26,27). The predicted molar refractivity (Wildman–Crippen MR) is 114 cm³/mol. The van der Waals surface area contributed by atoms with E-state index in [4.69, 9.17) is 0 Å². The van der Waals surface area contributed by atoms with Gasteiger partial charge in [-0.2, -0.15) is 0 Å². The van der Waals surface area contributed by atoms with Crippen molar-refractivity contribution in [2.24, 2.45) is 0 Å². The second kappa shape index (κ2) is 7.37. The van der Waals surface area contributed by atoms with Gasteiger partial charge in [0.1, 0.15) is 0 Å². The minimum absolute atomic E-state index is 0.245. The van der Waals surface area contributed by atoms with Gasteiger partial charge in [-0.3, -0.25) is 4.79 Å². The second-order valence-corrected chi connectivity index (χ2v) is 7.59. The van der Waals surface area contributed by atoms with Gasteiger partial charge in [0.25, 0.3) is 5.56 Å². The van der Waals surface area contributed by atoms with E-state index in [9.17, 15) is 4.79 Å². The third-order valence-corrected chi connectivity index (χ3v) is 5.65. The maximum absolute atomic E-state index is 12.7. The summed E-state index contributed by atoms with van der Waals surface area (Å²) in [7, 11) is 0. The Kier molecular flexibility index (Phi) is 4.42. The zero-order valence-corrected chi connectivity index (χ0v) is 16.0. The topological polar surface area (TPSA) is 87.3 Å². The van der Waals surface area contributed by atoms with Crippen LogP contribution in [0, 0.1) is 0 Å². The van der Waals surface area contributed by atoms with Crippen molar-refractivity contribution in [3.05, 3.63) is 89.2 Å². The minimum atomic E-state index is -0.245. The summed E-state index contributed by atoms with van der Waals surface area (Å²) in [4.78, 5) is 17.7. The second-order valence-electron chi connectivity index (χ2n) is 6.48. The number of tetrazole rings is 1. The molecule has 0 unspecified atom stereocenters. The molecule has 0 atom stereocenters. The van der Waals surface area contributed by atoms with Crippen molar-refractivity contribution in [2.75, 3.05) is 0 Å². The van der Waals surface area contributed by atoms with Gasteiger partial charge in [-0.15, -0.1) is 5.10 Å². The van der Waals surface area contributed by atoms with Crippen LogP contribution in [0.15, 0.2) is 93.4 Å². The molecule has 0 amide bonds. The molecule has 3 aromatic carbocycles. The molecule has 6 nitrogen and oxygen atoms in total. The number of benzene rings is 3. The number of pyridine rings is 1. The van der Waals surface area contributed by atoms with Gasteiger partial charge in [0.15, 0.2) is 5.82 Å². The van der Waals surface area contributed by atoms with E-state index < -0.39 is 0 Å². The van der Waals surface area contributed by atoms with Gasteiger partial charge in [0.05, 0.1) is 11.3 Å². The molecule has 0 radical (unpaired) electrons. The molecule has 0 aliphatic carbocycles. The van der Waals surface area contributed by atoms with E-state index in [1.54, 1.807) is 11.8 Å². The summed E-state index contributed by atoms with van der Waals surface area (Å²) in [6, 6.07) is 26.2. The molecular formula is C22H15N5OS. The van der Waals surface area contributed by atoms with Crippen molar-refractivity contribution >= 4 is 22.5 Å². The van der Waals surface area contributed by atoms with Crippen LogP contribution >= 0.6 is 11.8 Å². The number of nitrogens with zero attached hydrogens (tertiary/aromatic N) is 3. The fourth-order valence-corrected chi connectivity index (χ4v) is 4.24. The van der Waals surface area contributed by atoms with Crippen LogP contribution in [0.5, 0.6) is 0 Å². The van der Waals surface area contributed by atoms with Crippen LogP contribution in [0.1, 0.15) is 0 Å². The number of H-pyrrole nitrogens is 2. The molecule has 2 N–H and O–H groups in total. The van der Waals surface area contributed by atoms with E-state index in [1.807, 2.05) is 48.5 Å². The van der Waals surface area contributed by atoms with Crippen LogP contribution < -0.4 is 5.56 Å². The normalized spacial score (nSPS) is 11.0. The smallest absolute Gasteiger partial charge is 0.259 e. The van der Waals surface area contributed by atoms with Crippen molar-refractivity contribution in [2.45, 2.75) is 9.79 Å². The van der Waals surface area contributed by atoms with E-state index in [2.05, 4.69) is 55.9 Å². The van der Waals surface area contributed by atoms with Crippen molar-refractivity contribution in [3.8, 4) is 22.6 Å². The monoisotopic (exact) mass is 397 g/mol. The number of fused-ring (bicyclic) bond motifs is 1. The van der Waals surface area contributed by atoms with Crippen molar-refractivity contribution in [1.82, 2.24) is 25.6 Å². The molecule has 0 aliphatic heterocycles. The Labute approximate surface area is 170 Å². The van der Waals surface area contributed by atoms with Crippen LogP contribution in [-0.4, -0.2) is 25.6 Å². The quantitative estimate of drug-likeness (QED) is 0.465.